The molecule has 0 N–H and O–H groups in total. The molecule has 0 fully saturated rings. The van der Waals surface area contributed by atoms with E-state index in [2.05, 4.69) is 181 Å². The highest BCUT2D eigenvalue weighted by molar-refractivity contribution is 6.19. The van der Waals surface area contributed by atoms with Gasteiger partial charge in [0.05, 0.1) is 5.69 Å². The van der Waals surface area contributed by atoms with Crippen molar-refractivity contribution in [2.45, 2.75) is 0 Å². The minimum absolute atomic E-state index is 0.902. The van der Waals surface area contributed by atoms with Gasteiger partial charge in [-0.15, -0.1) is 0 Å². The van der Waals surface area contributed by atoms with E-state index in [1.807, 2.05) is 12.1 Å². The Balaban J connectivity index is 1.19. The Hall–Kier alpha value is -6.64. The van der Waals surface area contributed by atoms with Crippen molar-refractivity contribution in [3.05, 3.63) is 188 Å². The van der Waals surface area contributed by atoms with Gasteiger partial charge in [0.25, 0.3) is 0 Å². The van der Waals surface area contributed by atoms with Crippen LogP contribution in [0.1, 0.15) is 0 Å². The van der Waals surface area contributed by atoms with Crippen molar-refractivity contribution >= 4 is 71.3 Å². The summed E-state index contributed by atoms with van der Waals surface area (Å²) in [5, 5.41) is 9.70. The molecular formula is C48H31NO. The molecule has 0 saturated carbocycles. The van der Waals surface area contributed by atoms with Gasteiger partial charge in [-0.2, -0.15) is 0 Å². The Labute approximate surface area is 290 Å². The second-order valence-corrected chi connectivity index (χ2v) is 12.9. The maximum atomic E-state index is 6.31. The average Bonchev–Trinajstić information content (AvgIpc) is 3.58. The fourth-order valence-corrected chi connectivity index (χ4v) is 7.71. The van der Waals surface area contributed by atoms with Crippen LogP contribution in [0.2, 0.25) is 0 Å². The summed E-state index contributed by atoms with van der Waals surface area (Å²) < 4.78 is 6.31. The van der Waals surface area contributed by atoms with Crippen LogP contribution in [-0.4, -0.2) is 0 Å². The SMILES string of the molecule is c1ccc(-c2ccccc2N(c2ccc(-c3cc4ccccc4c4ccccc34)cc2)c2ccc3ccc4oc5ccccc5c4c3c2)cc1. The first-order chi connectivity index (χ1) is 24.8. The number of fused-ring (bicyclic) bond motifs is 8. The van der Waals surface area contributed by atoms with E-state index in [0.717, 1.165) is 39.0 Å². The van der Waals surface area contributed by atoms with E-state index in [9.17, 15) is 0 Å². The summed E-state index contributed by atoms with van der Waals surface area (Å²) in [5.41, 5.74) is 9.88. The highest BCUT2D eigenvalue weighted by Gasteiger charge is 2.19. The van der Waals surface area contributed by atoms with Gasteiger partial charge in [0.1, 0.15) is 11.2 Å². The van der Waals surface area contributed by atoms with Gasteiger partial charge >= 0.3 is 0 Å². The Bertz CT molecular complexity index is 2870. The van der Waals surface area contributed by atoms with Crippen molar-refractivity contribution in [1.29, 1.82) is 0 Å². The summed E-state index contributed by atoms with van der Waals surface area (Å²) in [7, 11) is 0. The predicted octanol–water partition coefficient (Wildman–Crippen LogP) is 13.8. The number of anilines is 3. The molecule has 0 unspecified atom stereocenters. The van der Waals surface area contributed by atoms with Crippen molar-refractivity contribution < 1.29 is 4.42 Å². The number of rotatable bonds is 5. The number of benzene rings is 9. The molecule has 1 heterocycles. The van der Waals surface area contributed by atoms with Crippen LogP contribution in [0.25, 0.3) is 76.5 Å². The lowest BCUT2D eigenvalue weighted by atomic mass is 9.93. The van der Waals surface area contributed by atoms with E-state index in [1.54, 1.807) is 0 Å². The van der Waals surface area contributed by atoms with Crippen molar-refractivity contribution in [2.75, 3.05) is 4.90 Å². The molecule has 0 amide bonds. The van der Waals surface area contributed by atoms with Crippen molar-refractivity contribution in [3.63, 3.8) is 0 Å². The highest BCUT2D eigenvalue weighted by atomic mass is 16.3. The molecule has 0 aliphatic rings. The van der Waals surface area contributed by atoms with Crippen molar-refractivity contribution in [3.8, 4) is 22.3 Å². The predicted molar refractivity (Wildman–Crippen MR) is 212 cm³/mol. The first-order valence-electron chi connectivity index (χ1n) is 17.1. The molecule has 2 nitrogen and oxygen atoms in total. The zero-order valence-electron chi connectivity index (χ0n) is 27.3. The normalized spacial score (nSPS) is 11.6. The lowest BCUT2D eigenvalue weighted by Crippen LogP contribution is -2.11. The van der Waals surface area contributed by atoms with Gasteiger partial charge in [-0.05, 0) is 97.5 Å². The van der Waals surface area contributed by atoms with E-state index in [0.29, 0.717) is 0 Å². The van der Waals surface area contributed by atoms with Crippen molar-refractivity contribution in [2.24, 2.45) is 0 Å². The van der Waals surface area contributed by atoms with Gasteiger partial charge in [-0.3, -0.25) is 0 Å². The second kappa shape index (κ2) is 11.5. The van der Waals surface area contributed by atoms with Gasteiger partial charge in [-0.1, -0.05) is 140 Å². The molecule has 0 atom stereocenters. The summed E-state index contributed by atoms with van der Waals surface area (Å²) in [5.74, 6) is 0. The lowest BCUT2D eigenvalue weighted by Gasteiger charge is -2.28. The van der Waals surface area contributed by atoms with E-state index >= 15 is 0 Å². The van der Waals surface area contributed by atoms with Gasteiger partial charge in [0.15, 0.2) is 0 Å². The molecule has 10 aromatic rings. The second-order valence-electron chi connectivity index (χ2n) is 12.9. The summed E-state index contributed by atoms with van der Waals surface area (Å²) in [6.45, 7) is 0. The molecule has 0 bridgehead atoms. The molecule has 0 saturated heterocycles. The van der Waals surface area contributed by atoms with E-state index in [1.165, 1.54) is 54.6 Å². The Morgan fingerprint density at radius 1 is 0.340 bits per heavy atom. The first-order valence-corrected chi connectivity index (χ1v) is 17.1. The fraction of sp³-hybridized carbons (Fsp3) is 0. The fourth-order valence-electron chi connectivity index (χ4n) is 7.71. The molecule has 0 spiro atoms. The van der Waals surface area contributed by atoms with Crippen molar-refractivity contribution in [1.82, 2.24) is 0 Å². The number of hydrogen-bond donors (Lipinski definition) is 0. The van der Waals surface area contributed by atoms with Gasteiger partial charge < -0.3 is 9.32 Å². The molecule has 0 aliphatic carbocycles. The third-order valence-corrected chi connectivity index (χ3v) is 10.0. The standard InChI is InChI=1S/C48H31NO/c1-2-12-32(13-3-1)39-16-8-10-20-45(39)49(37-28-24-34-25-29-47-48(44(34)31-37)42-19-9-11-21-46(42)50-47)36-26-22-33(23-27-36)43-30-35-14-4-5-15-38(35)40-17-6-7-18-41(40)43/h1-31H. The number of para-hydroxylation sites is 2. The third-order valence-electron chi connectivity index (χ3n) is 10.0. The summed E-state index contributed by atoms with van der Waals surface area (Å²) in [6.07, 6.45) is 0. The van der Waals surface area contributed by atoms with Crippen LogP contribution in [0.15, 0.2) is 192 Å². The molecule has 2 heteroatoms. The summed E-state index contributed by atoms with van der Waals surface area (Å²) in [4.78, 5) is 2.39. The maximum Gasteiger partial charge on any atom is 0.136 e. The monoisotopic (exact) mass is 637 g/mol. The molecular weight excluding hydrogens is 607 g/mol. The van der Waals surface area contributed by atoms with Gasteiger partial charge in [0, 0.05) is 27.7 Å². The molecule has 1 aromatic heterocycles. The molecule has 0 radical (unpaired) electrons. The zero-order valence-corrected chi connectivity index (χ0v) is 27.3. The van der Waals surface area contributed by atoms with Crippen LogP contribution in [0.3, 0.4) is 0 Å². The zero-order chi connectivity index (χ0) is 33.0. The quantitative estimate of drug-likeness (QED) is 0.175. The lowest BCUT2D eigenvalue weighted by molar-refractivity contribution is 0.669. The Morgan fingerprint density at radius 3 is 1.84 bits per heavy atom. The maximum absolute atomic E-state index is 6.31. The van der Waals surface area contributed by atoms with Crippen LogP contribution in [0.5, 0.6) is 0 Å². The highest BCUT2D eigenvalue weighted by Crippen LogP contribution is 2.44. The van der Waals surface area contributed by atoms with Gasteiger partial charge in [0.2, 0.25) is 0 Å². The minimum Gasteiger partial charge on any atom is -0.456 e. The Kier molecular flexibility index (Phi) is 6.53. The number of hydrogen-bond acceptors (Lipinski definition) is 2. The van der Waals surface area contributed by atoms with Crippen LogP contribution in [0.4, 0.5) is 17.1 Å². The van der Waals surface area contributed by atoms with E-state index < -0.39 is 0 Å². The average molecular weight is 638 g/mol. The van der Waals surface area contributed by atoms with Crippen LogP contribution in [-0.2, 0) is 0 Å². The smallest absolute Gasteiger partial charge is 0.136 e. The van der Waals surface area contributed by atoms with Crippen LogP contribution < -0.4 is 4.90 Å². The summed E-state index contributed by atoms with van der Waals surface area (Å²) >= 11 is 0. The minimum atomic E-state index is 0.902. The van der Waals surface area contributed by atoms with E-state index in [-0.39, 0.29) is 0 Å². The molecule has 9 aromatic carbocycles. The van der Waals surface area contributed by atoms with Gasteiger partial charge in [-0.25, -0.2) is 0 Å². The molecule has 0 aliphatic heterocycles. The topological polar surface area (TPSA) is 16.4 Å². The Morgan fingerprint density at radius 2 is 0.980 bits per heavy atom. The molecule has 234 valence electrons. The number of furan rings is 1. The first kappa shape index (κ1) is 28.4. The largest absolute Gasteiger partial charge is 0.456 e. The molecule has 50 heavy (non-hydrogen) atoms. The summed E-state index contributed by atoms with van der Waals surface area (Å²) in [6, 6.07) is 67.6. The molecule has 10 rings (SSSR count). The van der Waals surface area contributed by atoms with Crippen LogP contribution >= 0.6 is 0 Å². The number of nitrogens with zero attached hydrogens (tertiary/aromatic N) is 1. The van der Waals surface area contributed by atoms with E-state index in [4.69, 9.17) is 4.42 Å². The van der Waals surface area contributed by atoms with Crippen LogP contribution in [0, 0.1) is 0 Å². The third kappa shape index (κ3) is 4.57.